The Hall–Kier alpha value is -3.04. The SMILES string of the molecule is CO[C@@H]1[C@@H](O)[C@@H](O)[C@H](Oc2ccc3cc(CC(=O)c4ccccc4)c(=O)oc3c2C)OC1(C)C. The third-order valence-electron chi connectivity index (χ3n) is 6.16. The van der Waals surface area contributed by atoms with Crippen molar-refractivity contribution in [1.29, 1.82) is 0 Å². The smallest absolute Gasteiger partial charge is 0.339 e. The van der Waals surface area contributed by atoms with E-state index in [1.807, 2.05) is 6.07 Å². The van der Waals surface area contributed by atoms with Crippen LogP contribution >= 0.6 is 0 Å². The number of aliphatic hydroxyl groups is 2. The molecule has 0 amide bonds. The number of hydrogen-bond donors (Lipinski definition) is 2. The van der Waals surface area contributed by atoms with E-state index < -0.39 is 35.8 Å². The van der Waals surface area contributed by atoms with E-state index in [2.05, 4.69) is 0 Å². The van der Waals surface area contributed by atoms with Gasteiger partial charge in [-0.25, -0.2) is 4.79 Å². The number of Topliss-reactive ketones (excluding diaryl/α,β-unsaturated/α-hetero) is 1. The lowest BCUT2D eigenvalue weighted by molar-refractivity contribution is -0.306. The number of carbonyl (C=O) groups excluding carboxylic acids is 1. The Morgan fingerprint density at radius 1 is 1.09 bits per heavy atom. The number of carbonyl (C=O) groups is 1. The summed E-state index contributed by atoms with van der Waals surface area (Å²) in [5.41, 5.74) is 0.0799. The van der Waals surface area contributed by atoms with Crippen LogP contribution in [0.15, 0.2) is 57.7 Å². The number of aliphatic hydroxyl groups excluding tert-OH is 2. The van der Waals surface area contributed by atoms with Gasteiger partial charge in [0.25, 0.3) is 0 Å². The van der Waals surface area contributed by atoms with E-state index in [1.54, 1.807) is 63.2 Å². The second-order valence-corrected chi connectivity index (χ2v) is 8.98. The summed E-state index contributed by atoms with van der Waals surface area (Å²) < 4.78 is 22.6. The van der Waals surface area contributed by atoms with Gasteiger partial charge in [0.1, 0.15) is 29.6 Å². The second kappa shape index (κ2) is 9.31. The quantitative estimate of drug-likeness (QED) is 0.419. The maximum atomic E-state index is 12.6. The number of fused-ring (bicyclic) bond motifs is 1. The minimum absolute atomic E-state index is 0.0741. The highest BCUT2D eigenvalue weighted by Gasteiger charge is 2.50. The fourth-order valence-corrected chi connectivity index (χ4v) is 4.33. The largest absolute Gasteiger partial charge is 0.462 e. The van der Waals surface area contributed by atoms with Gasteiger partial charge >= 0.3 is 5.63 Å². The number of ether oxygens (including phenoxy) is 3. The standard InChI is InChI=1S/C26H28O8/c1-14-19(32-25-21(29)20(28)23(31-4)26(2,3)34-25)11-10-16-12-17(24(30)33-22(14)16)13-18(27)15-8-6-5-7-9-15/h5-12,20-21,23,25,28-29H,13H2,1-4H3/t20-,21+,23+,25+/m0/s1. The normalized spacial score (nSPS) is 24.2. The molecule has 0 unspecified atom stereocenters. The van der Waals surface area contributed by atoms with Gasteiger partial charge in [-0.05, 0) is 39.0 Å². The van der Waals surface area contributed by atoms with Gasteiger partial charge in [0.2, 0.25) is 6.29 Å². The Morgan fingerprint density at radius 3 is 2.47 bits per heavy atom. The summed E-state index contributed by atoms with van der Waals surface area (Å²) in [5, 5.41) is 21.6. The van der Waals surface area contributed by atoms with Crippen LogP contribution < -0.4 is 10.4 Å². The van der Waals surface area contributed by atoms with Crippen molar-refractivity contribution in [1.82, 2.24) is 0 Å². The molecule has 1 aromatic heterocycles. The topological polar surface area (TPSA) is 115 Å². The first-order chi connectivity index (χ1) is 16.1. The molecule has 8 heteroatoms. The average molecular weight is 469 g/mol. The lowest BCUT2D eigenvalue weighted by atomic mass is 9.89. The molecular formula is C26H28O8. The van der Waals surface area contributed by atoms with E-state index >= 15 is 0 Å². The van der Waals surface area contributed by atoms with Crippen LogP contribution in [-0.2, 0) is 15.9 Å². The van der Waals surface area contributed by atoms with E-state index in [-0.39, 0.29) is 17.8 Å². The fourth-order valence-electron chi connectivity index (χ4n) is 4.33. The molecule has 0 spiro atoms. The van der Waals surface area contributed by atoms with Crippen LogP contribution in [0.25, 0.3) is 11.0 Å². The molecule has 34 heavy (non-hydrogen) atoms. The molecule has 4 rings (SSSR count). The zero-order chi connectivity index (χ0) is 24.6. The predicted octanol–water partition coefficient (Wildman–Crippen LogP) is 2.78. The fraction of sp³-hybridized carbons (Fsp3) is 0.385. The monoisotopic (exact) mass is 468 g/mol. The molecule has 0 bridgehead atoms. The van der Waals surface area contributed by atoms with Crippen LogP contribution in [0.4, 0.5) is 0 Å². The summed E-state index contributed by atoms with van der Waals surface area (Å²) in [7, 11) is 1.43. The van der Waals surface area contributed by atoms with Gasteiger partial charge in [0.15, 0.2) is 5.78 Å². The first-order valence-electron chi connectivity index (χ1n) is 11.0. The Morgan fingerprint density at radius 2 is 1.79 bits per heavy atom. The molecule has 4 atom stereocenters. The van der Waals surface area contributed by atoms with Crippen molar-refractivity contribution >= 4 is 16.8 Å². The maximum Gasteiger partial charge on any atom is 0.339 e. The van der Waals surface area contributed by atoms with E-state index in [4.69, 9.17) is 18.6 Å². The molecular weight excluding hydrogens is 440 g/mol. The van der Waals surface area contributed by atoms with Crippen molar-refractivity contribution < 1.29 is 33.6 Å². The van der Waals surface area contributed by atoms with Gasteiger partial charge in [0.05, 0.1) is 5.60 Å². The Kier molecular flexibility index (Phi) is 6.60. The number of hydrogen-bond acceptors (Lipinski definition) is 8. The molecule has 0 radical (unpaired) electrons. The van der Waals surface area contributed by atoms with Crippen LogP contribution in [-0.4, -0.2) is 53.3 Å². The van der Waals surface area contributed by atoms with Crippen molar-refractivity contribution in [2.45, 2.75) is 57.4 Å². The molecule has 8 nitrogen and oxygen atoms in total. The van der Waals surface area contributed by atoms with Crippen molar-refractivity contribution in [3.63, 3.8) is 0 Å². The summed E-state index contributed by atoms with van der Waals surface area (Å²) >= 11 is 0. The highest BCUT2D eigenvalue weighted by molar-refractivity contribution is 5.97. The van der Waals surface area contributed by atoms with Crippen molar-refractivity contribution in [3.05, 3.63) is 75.6 Å². The van der Waals surface area contributed by atoms with E-state index in [1.165, 1.54) is 7.11 Å². The van der Waals surface area contributed by atoms with Crippen LogP contribution in [0.3, 0.4) is 0 Å². The van der Waals surface area contributed by atoms with E-state index in [9.17, 15) is 19.8 Å². The molecule has 180 valence electrons. The zero-order valence-electron chi connectivity index (χ0n) is 19.5. The molecule has 3 aromatic rings. The van der Waals surface area contributed by atoms with Crippen LogP contribution in [0, 0.1) is 6.92 Å². The highest BCUT2D eigenvalue weighted by atomic mass is 16.7. The Balaban J connectivity index is 1.60. The third-order valence-corrected chi connectivity index (χ3v) is 6.16. The number of methoxy groups -OCH3 is 1. The van der Waals surface area contributed by atoms with Gasteiger partial charge in [-0.15, -0.1) is 0 Å². The highest BCUT2D eigenvalue weighted by Crippen LogP contribution is 2.34. The van der Waals surface area contributed by atoms with Gasteiger partial charge in [-0.2, -0.15) is 0 Å². The van der Waals surface area contributed by atoms with Crippen molar-refractivity contribution in [2.24, 2.45) is 0 Å². The lowest BCUT2D eigenvalue weighted by Crippen LogP contribution is -2.63. The Labute approximate surface area is 196 Å². The minimum atomic E-state index is -1.36. The lowest BCUT2D eigenvalue weighted by Gasteiger charge is -2.46. The van der Waals surface area contributed by atoms with Crippen LogP contribution in [0.1, 0.15) is 35.3 Å². The predicted molar refractivity (Wildman–Crippen MR) is 124 cm³/mol. The molecule has 0 saturated carbocycles. The molecule has 1 fully saturated rings. The third kappa shape index (κ3) is 4.50. The van der Waals surface area contributed by atoms with Crippen LogP contribution in [0.5, 0.6) is 5.75 Å². The summed E-state index contributed by atoms with van der Waals surface area (Å²) in [4.78, 5) is 25.2. The number of rotatable bonds is 6. The Bertz CT molecular complexity index is 1250. The van der Waals surface area contributed by atoms with Gasteiger partial charge in [-0.3, -0.25) is 4.79 Å². The minimum Gasteiger partial charge on any atom is -0.462 e. The molecule has 0 aliphatic carbocycles. The number of ketones is 1. The summed E-state index contributed by atoms with van der Waals surface area (Å²) in [6, 6.07) is 13.8. The number of benzene rings is 2. The van der Waals surface area contributed by atoms with E-state index in [0.717, 1.165) is 0 Å². The van der Waals surface area contributed by atoms with E-state index in [0.29, 0.717) is 27.8 Å². The summed E-state index contributed by atoms with van der Waals surface area (Å²) in [6.07, 6.45) is -4.55. The number of aryl methyl sites for hydroxylation is 1. The van der Waals surface area contributed by atoms with Crippen LogP contribution in [0.2, 0.25) is 0 Å². The molecule has 1 saturated heterocycles. The summed E-state index contributed by atoms with van der Waals surface area (Å²) in [5.74, 6) is 0.148. The van der Waals surface area contributed by atoms with Gasteiger partial charge in [-0.1, -0.05) is 30.3 Å². The zero-order valence-corrected chi connectivity index (χ0v) is 19.5. The first-order valence-corrected chi connectivity index (χ1v) is 11.0. The molecule has 2 aromatic carbocycles. The molecule has 2 N–H and O–H groups in total. The van der Waals surface area contributed by atoms with Gasteiger partial charge in [0, 0.05) is 35.6 Å². The second-order valence-electron chi connectivity index (χ2n) is 8.98. The van der Waals surface area contributed by atoms with Crippen molar-refractivity contribution in [3.8, 4) is 5.75 Å². The van der Waals surface area contributed by atoms with Crippen molar-refractivity contribution in [2.75, 3.05) is 7.11 Å². The maximum absolute atomic E-state index is 12.6. The van der Waals surface area contributed by atoms with Gasteiger partial charge < -0.3 is 28.8 Å². The molecule has 2 heterocycles. The summed E-state index contributed by atoms with van der Waals surface area (Å²) in [6.45, 7) is 5.18. The molecule has 1 aliphatic rings. The average Bonchev–Trinajstić information content (AvgIpc) is 2.80. The first kappa shape index (κ1) is 24.1. The molecule has 1 aliphatic heterocycles.